The first kappa shape index (κ1) is 16.8. The van der Waals surface area contributed by atoms with Crippen molar-refractivity contribution >= 4 is 46.2 Å². The quantitative estimate of drug-likeness (QED) is 0.568. The van der Waals surface area contributed by atoms with E-state index >= 15 is 0 Å². The van der Waals surface area contributed by atoms with Gasteiger partial charge in [-0.15, -0.1) is 10.2 Å². The number of hydrogen-bond acceptors (Lipinski definition) is 3. The number of aryl methyl sites for hydroxylation is 1. The van der Waals surface area contributed by atoms with Gasteiger partial charge in [0.25, 0.3) is 5.56 Å². The Bertz CT molecular complexity index is 954. The van der Waals surface area contributed by atoms with Crippen molar-refractivity contribution in [3.63, 3.8) is 0 Å². The number of rotatable bonds is 3. The molecular formula is C16H11Cl3N4O. The molecular weight excluding hydrogens is 371 g/mol. The van der Waals surface area contributed by atoms with Crippen LogP contribution in [0.4, 0.5) is 11.4 Å². The first-order valence-electron chi connectivity index (χ1n) is 6.90. The van der Waals surface area contributed by atoms with Gasteiger partial charge in [-0.3, -0.25) is 9.89 Å². The number of benzene rings is 2. The summed E-state index contributed by atoms with van der Waals surface area (Å²) in [5.74, 6) is 0. The molecule has 0 fully saturated rings. The van der Waals surface area contributed by atoms with Crippen molar-refractivity contribution in [3.8, 4) is 5.69 Å². The van der Waals surface area contributed by atoms with E-state index in [0.29, 0.717) is 16.4 Å². The van der Waals surface area contributed by atoms with Gasteiger partial charge >= 0.3 is 0 Å². The zero-order valence-corrected chi connectivity index (χ0v) is 14.7. The fourth-order valence-corrected chi connectivity index (χ4v) is 3.04. The van der Waals surface area contributed by atoms with Gasteiger partial charge in [-0.25, -0.2) is 4.68 Å². The van der Waals surface area contributed by atoms with Gasteiger partial charge < -0.3 is 0 Å². The summed E-state index contributed by atoms with van der Waals surface area (Å²) >= 11 is 18.0. The molecule has 0 aliphatic carbocycles. The number of nitrogens with zero attached hydrogens (tertiary/aromatic N) is 3. The average molecular weight is 382 g/mol. The molecule has 0 aliphatic heterocycles. The Morgan fingerprint density at radius 1 is 0.958 bits per heavy atom. The minimum atomic E-state index is -0.316. The van der Waals surface area contributed by atoms with Gasteiger partial charge in [0, 0.05) is 5.02 Å². The molecule has 0 atom stereocenters. The van der Waals surface area contributed by atoms with Crippen LogP contribution in [-0.2, 0) is 0 Å². The summed E-state index contributed by atoms with van der Waals surface area (Å²) in [6, 6.07) is 12.2. The van der Waals surface area contributed by atoms with Crippen LogP contribution in [0.5, 0.6) is 0 Å². The summed E-state index contributed by atoms with van der Waals surface area (Å²) in [7, 11) is 0. The average Bonchev–Trinajstić information content (AvgIpc) is 2.82. The second kappa shape index (κ2) is 6.81. The second-order valence-electron chi connectivity index (χ2n) is 4.98. The lowest BCUT2D eigenvalue weighted by atomic mass is 10.3. The van der Waals surface area contributed by atoms with E-state index in [0.717, 1.165) is 0 Å². The van der Waals surface area contributed by atoms with Gasteiger partial charge in [-0.05, 0) is 31.2 Å². The van der Waals surface area contributed by atoms with Gasteiger partial charge in [0.05, 0.1) is 21.4 Å². The lowest BCUT2D eigenvalue weighted by Gasteiger charge is -2.00. The predicted molar refractivity (Wildman–Crippen MR) is 96.8 cm³/mol. The van der Waals surface area contributed by atoms with E-state index in [4.69, 9.17) is 34.8 Å². The third kappa shape index (κ3) is 3.24. The Labute approximate surface area is 152 Å². The molecule has 2 aromatic carbocycles. The van der Waals surface area contributed by atoms with Crippen molar-refractivity contribution in [2.24, 2.45) is 10.2 Å². The smallest absolute Gasteiger partial charge is 0.293 e. The van der Waals surface area contributed by atoms with E-state index in [1.54, 1.807) is 6.92 Å². The van der Waals surface area contributed by atoms with Crippen molar-refractivity contribution in [3.05, 3.63) is 73.6 Å². The van der Waals surface area contributed by atoms with Gasteiger partial charge in [-0.1, -0.05) is 53.0 Å². The van der Waals surface area contributed by atoms with Gasteiger partial charge in [0.2, 0.25) is 0 Å². The zero-order chi connectivity index (χ0) is 17.3. The summed E-state index contributed by atoms with van der Waals surface area (Å²) in [6.07, 6.45) is 0. The molecule has 122 valence electrons. The van der Waals surface area contributed by atoms with Crippen LogP contribution in [0.3, 0.4) is 0 Å². The van der Waals surface area contributed by atoms with Crippen molar-refractivity contribution in [1.29, 1.82) is 0 Å². The van der Waals surface area contributed by atoms with Crippen molar-refractivity contribution < 1.29 is 0 Å². The minimum Gasteiger partial charge on any atom is -0.293 e. The van der Waals surface area contributed by atoms with E-state index in [1.165, 1.54) is 16.8 Å². The van der Waals surface area contributed by atoms with E-state index < -0.39 is 0 Å². The maximum atomic E-state index is 12.5. The summed E-state index contributed by atoms with van der Waals surface area (Å²) in [4.78, 5) is 12.5. The Hall–Kier alpha value is -2.08. The number of azo groups is 1. The van der Waals surface area contributed by atoms with Crippen LogP contribution in [0.25, 0.3) is 5.69 Å². The van der Waals surface area contributed by atoms with Crippen LogP contribution in [0.1, 0.15) is 5.69 Å². The third-order valence-electron chi connectivity index (χ3n) is 3.29. The molecule has 5 nitrogen and oxygen atoms in total. The Balaban J connectivity index is 2.03. The van der Waals surface area contributed by atoms with Crippen LogP contribution >= 0.6 is 34.8 Å². The number of aromatic amines is 1. The Morgan fingerprint density at radius 2 is 1.54 bits per heavy atom. The third-order valence-corrected chi connectivity index (χ3v) is 4.08. The number of nitrogens with one attached hydrogen (secondary N) is 1. The predicted octanol–water partition coefficient (Wildman–Crippen LogP) is 5.85. The first-order valence-corrected chi connectivity index (χ1v) is 8.04. The number of para-hydroxylation sites is 1. The summed E-state index contributed by atoms with van der Waals surface area (Å²) in [5, 5.41) is 11.9. The molecule has 1 N–H and O–H groups in total. The molecule has 0 amide bonds. The highest BCUT2D eigenvalue weighted by atomic mass is 35.5. The van der Waals surface area contributed by atoms with E-state index in [1.807, 2.05) is 30.3 Å². The Morgan fingerprint density at radius 3 is 2.17 bits per heavy atom. The second-order valence-corrected chi connectivity index (χ2v) is 6.23. The van der Waals surface area contributed by atoms with Crippen LogP contribution in [0.15, 0.2) is 57.5 Å². The van der Waals surface area contributed by atoms with E-state index in [2.05, 4.69) is 15.3 Å². The van der Waals surface area contributed by atoms with Gasteiger partial charge in [-0.2, -0.15) is 0 Å². The zero-order valence-electron chi connectivity index (χ0n) is 12.4. The largest absolute Gasteiger partial charge is 0.299 e. The molecule has 0 saturated carbocycles. The molecule has 0 saturated heterocycles. The number of halogens is 3. The highest BCUT2D eigenvalue weighted by Crippen LogP contribution is 2.36. The lowest BCUT2D eigenvalue weighted by molar-refractivity contribution is 0.835. The molecule has 24 heavy (non-hydrogen) atoms. The van der Waals surface area contributed by atoms with Crippen molar-refractivity contribution in [2.45, 2.75) is 6.92 Å². The van der Waals surface area contributed by atoms with Crippen molar-refractivity contribution in [2.75, 3.05) is 0 Å². The van der Waals surface area contributed by atoms with E-state index in [-0.39, 0.29) is 27.0 Å². The Kier molecular flexibility index (Phi) is 4.76. The standard InChI is InChI=1S/C16H11Cl3N4O/c1-9-14(16(24)23(22-9)11-5-3-2-4-6-11)20-21-15-12(18)7-10(17)8-13(15)19/h2-8,22H,1H3. The molecule has 8 heteroatoms. The summed E-state index contributed by atoms with van der Waals surface area (Å²) < 4.78 is 1.40. The minimum absolute atomic E-state index is 0.181. The number of aromatic nitrogens is 2. The molecule has 3 rings (SSSR count). The highest BCUT2D eigenvalue weighted by molar-refractivity contribution is 6.41. The fraction of sp³-hybridized carbons (Fsp3) is 0.0625. The van der Waals surface area contributed by atoms with Gasteiger partial charge in [0.15, 0.2) is 5.69 Å². The SMILES string of the molecule is Cc1[nH]n(-c2ccccc2)c(=O)c1N=Nc1c(Cl)cc(Cl)cc1Cl. The lowest BCUT2D eigenvalue weighted by Crippen LogP contribution is -2.13. The maximum absolute atomic E-state index is 12.5. The van der Waals surface area contributed by atoms with Gasteiger partial charge in [0.1, 0.15) is 5.69 Å². The molecule has 3 aromatic rings. The van der Waals surface area contributed by atoms with Crippen LogP contribution in [-0.4, -0.2) is 9.78 Å². The first-order chi connectivity index (χ1) is 11.5. The van der Waals surface area contributed by atoms with Crippen LogP contribution in [0, 0.1) is 6.92 Å². The summed E-state index contributed by atoms with van der Waals surface area (Å²) in [5.41, 5.74) is 1.40. The maximum Gasteiger partial charge on any atom is 0.299 e. The molecule has 1 heterocycles. The number of hydrogen-bond donors (Lipinski definition) is 1. The normalized spacial score (nSPS) is 11.3. The molecule has 0 radical (unpaired) electrons. The molecule has 0 bridgehead atoms. The van der Waals surface area contributed by atoms with E-state index in [9.17, 15) is 4.79 Å². The topological polar surface area (TPSA) is 62.5 Å². The molecule has 1 aromatic heterocycles. The van der Waals surface area contributed by atoms with Crippen LogP contribution in [0.2, 0.25) is 15.1 Å². The fourth-order valence-electron chi connectivity index (χ4n) is 2.14. The van der Waals surface area contributed by atoms with Crippen LogP contribution < -0.4 is 5.56 Å². The summed E-state index contributed by atoms with van der Waals surface area (Å²) in [6.45, 7) is 1.74. The van der Waals surface area contributed by atoms with Crippen molar-refractivity contribution in [1.82, 2.24) is 9.78 Å². The highest BCUT2D eigenvalue weighted by Gasteiger charge is 2.13. The molecule has 0 aliphatic rings. The molecule has 0 unspecified atom stereocenters. The number of H-pyrrole nitrogens is 1. The molecule has 0 spiro atoms. The monoisotopic (exact) mass is 380 g/mol.